The third kappa shape index (κ3) is 25.6. The largest absolute Gasteiger partial charge is 1.00 e. The monoisotopic (exact) mass is 2260 g/mol. The van der Waals surface area contributed by atoms with Crippen molar-refractivity contribution < 1.29 is 77.4 Å². The molecule has 0 radical (unpaired) electrons. The molecule has 21 atom stereocenters. The molecule has 23 rings (SSSR count). The van der Waals surface area contributed by atoms with E-state index in [0.717, 1.165) is 123 Å². The molecule has 0 N–H and O–H groups in total. The van der Waals surface area contributed by atoms with Gasteiger partial charge in [-0.05, 0) is 326 Å². The Kier molecular flexibility index (Phi) is 45.6. The van der Waals surface area contributed by atoms with Crippen LogP contribution in [0.3, 0.4) is 0 Å². The van der Waals surface area contributed by atoms with Crippen molar-refractivity contribution in [3.63, 3.8) is 0 Å². The molecule has 0 nitrogen and oxygen atoms in total. The van der Waals surface area contributed by atoms with Gasteiger partial charge in [0.15, 0.2) is 0 Å². The summed E-state index contributed by atoms with van der Waals surface area (Å²) < 4.78 is 0. The number of hydrogen-bond donors (Lipinski definition) is 0. The van der Waals surface area contributed by atoms with Gasteiger partial charge in [-0.25, -0.2) is 0 Å². The summed E-state index contributed by atoms with van der Waals surface area (Å²) in [6.07, 6.45) is 76.5. The van der Waals surface area contributed by atoms with E-state index in [-0.39, 0.29) is 71.4 Å². The van der Waals surface area contributed by atoms with Gasteiger partial charge < -0.3 is 14.9 Å². The summed E-state index contributed by atoms with van der Waals surface area (Å²) in [5, 5.41) is 0. The first-order chi connectivity index (χ1) is 69.7. The number of rotatable bonds is 25. The van der Waals surface area contributed by atoms with Gasteiger partial charge >= 0.3 is 94.5 Å². The summed E-state index contributed by atoms with van der Waals surface area (Å²) in [6, 6.07) is 62.6. The molecule has 0 amide bonds. The number of allylic oxidation sites excluding steroid dienone is 6. The van der Waals surface area contributed by atoms with Crippen molar-refractivity contribution >= 4 is 100 Å². The molecule has 7 aromatic rings. The fraction of sp³-hybridized carbons (Fsp3) is 0.615. The fourth-order valence-electron chi connectivity index (χ4n) is 36.5. The van der Waals surface area contributed by atoms with Crippen LogP contribution in [0.2, 0.25) is 132 Å². The van der Waals surface area contributed by atoms with Crippen LogP contribution < -0.4 is 56.6 Å². The van der Waals surface area contributed by atoms with Gasteiger partial charge in [-0.2, -0.15) is 11.1 Å². The zero-order valence-corrected chi connectivity index (χ0v) is 112. The van der Waals surface area contributed by atoms with E-state index in [2.05, 4.69) is 332 Å². The van der Waals surface area contributed by atoms with Crippen molar-refractivity contribution in [3.05, 3.63) is 276 Å². The van der Waals surface area contributed by atoms with Crippen LogP contribution in [0, 0.1) is 97.7 Å². The molecule has 16 aliphatic carbocycles. The average Bonchev–Trinajstić information content (AvgIpc) is 1.52. The minimum absolute atomic E-state index is 0. The molecular weight excluding hydrogens is 2060 g/mol. The normalized spacial score (nSPS) is 30.2. The topological polar surface area (TPSA) is 0 Å². The summed E-state index contributed by atoms with van der Waals surface area (Å²) in [5.41, 5.74) is 31.6. The number of fused-ring (bicyclic) bond motifs is 10. The minimum Gasteiger partial charge on any atom is -0.0622 e. The van der Waals surface area contributed by atoms with Crippen molar-refractivity contribution in [2.24, 2.45) is 82.9 Å². The van der Waals surface area contributed by atoms with E-state index >= 15 is 0 Å². The number of unbranched alkanes of at least 4 members (excludes halogenated alkanes) is 3. The predicted molar refractivity (Wildman–Crippen MR) is 668 cm³/mol. The quantitative estimate of drug-likeness (QED) is 0.0304. The zero-order chi connectivity index (χ0) is 102. The van der Waals surface area contributed by atoms with E-state index in [0.29, 0.717) is 16.6 Å². The molecule has 15 heteroatoms. The SMILES string of the molecule is CCCCC1=CC([Si](C)(C)[Si](C)(C)C2C=Cc3c2cc2c(c3-c3ccccc3)CCC2)C=C1.CCCCC1CCC([Si](C)(C)[Si](C)(C)C2C3CCCC3C(c3ccccc3)C3CCCC32)C1.CCCCC1CCC([Si](C)(C)[Si](C)(C)C2CCC3C2CC2CCCC2C3c2ccccc2)C1.C[Si](C)(Cl)[Si](C)(C)C1C=Cc2c1cc1c(c2-c2ccccc2)CCC1.[CH3-].[CH3-].[Cl][Zr+2][Cl].[Li+].[Li+].[Li+].c1ccc(C2C3CCCC3CC3CCCC32)cc1. The van der Waals surface area contributed by atoms with Crippen LogP contribution in [0.15, 0.2) is 200 Å². The molecule has 21 unspecified atom stereocenters. The summed E-state index contributed by atoms with van der Waals surface area (Å²) in [5.74, 6) is 17.1. The standard InChI is InChI=1S/2C31H52Si2.C31H40Si2.C22H27ClSi2.C18H24.2CH3.2ClH.3Li.Zr/c1-6-7-13-23-20-21-25(22-23)32(2,3)33(4,5)31-28-18-11-16-26(28)30(24-14-9-8-10-15-24)27-17-12-19-29(27)31;2*1-6-7-12-23-17-18-26(21-23)32(2,3)33(4,5)30-20-19-28-29(30)22-25-15-11-16-27(25)31(28)24-13-9-8-10-14-24;1-24(2,25(3,4)23)21-14-13-19-20(21)15-17-11-8-12-18(17)22(19)16-9-6-5-7-10-16;1-2-6-13(7-3-1)18-16-10-4-8-14(16)12-15-9-5-11-17(15)18;;;;;;;;/h8-10,14-15,23,25-31H,6-7,11-13,16-22H2,1-5H3;8-10,13-14,23,25-31H,6-7,11-12,15-22H2,1-5H3;8-10,13-14,17-22,26,30H,6-7,11-12,15-16H2,1-5H3;5-7,9-10,13-15,21H,8,11-12H2,1-4H3;1-3,6-7,14-18H,4-5,8-12H2;2*1H3;2*1H;;;;/q;;;;;2*-1;;;3*+1;+4/p-2. The van der Waals surface area contributed by atoms with Crippen LogP contribution in [-0.4, -0.2) is 60.0 Å². The molecule has 0 aromatic heterocycles. The molecule has 150 heavy (non-hydrogen) atoms. The molecular formula is C135H201Cl3Li3Si8Zr+3. The Hall–Kier alpha value is -1.22. The molecule has 798 valence electrons. The van der Waals surface area contributed by atoms with Crippen LogP contribution in [0.25, 0.3) is 34.4 Å². The summed E-state index contributed by atoms with van der Waals surface area (Å²) in [4.78, 5) is 0. The second-order valence-electron chi connectivity index (χ2n) is 55.2. The van der Waals surface area contributed by atoms with E-state index in [1.807, 2.05) is 0 Å². The molecule has 0 saturated heterocycles. The van der Waals surface area contributed by atoms with E-state index in [4.69, 9.17) is 28.1 Å². The maximum atomic E-state index is 7.01. The Balaban J connectivity index is 0.000000156. The molecule has 0 bridgehead atoms. The Morgan fingerprint density at radius 1 is 0.327 bits per heavy atom. The van der Waals surface area contributed by atoms with Crippen LogP contribution in [-0.2, 0) is 46.5 Å². The van der Waals surface area contributed by atoms with Gasteiger partial charge in [0.2, 0.25) is 0 Å². The number of halogens is 3. The first kappa shape index (κ1) is 126. The number of aryl methyl sites for hydroxylation is 2. The summed E-state index contributed by atoms with van der Waals surface area (Å²) in [6.45, 7) is 49.2. The van der Waals surface area contributed by atoms with Crippen molar-refractivity contribution in [2.45, 2.75) is 439 Å². The van der Waals surface area contributed by atoms with Gasteiger partial charge in [-0.1, -0.05) is 492 Å². The minimum atomic E-state index is -1.68. The van der Waals surface area contributed by atoms with Crippen molar-refractivity contribution in [3.8, 4) is 22.3 Å². The Labute approximate surface area is 986 Å². The van der Waals surface area contributed by atoms with Crippen molar-refractivity contribution in [1.29, 1.82) is 0 Å². The second-order valence-corrected chi connectivity index (χ2v) is 125. The second kappa shape index (κ2) is 54.5. The average molecular weight is 2270 g/mol. The van der Waals surface area contributed by atoms with Crippen LogP contribution in [0.4, 0.5) is 0 Å². The smallest absolute Gasteiger partial charge is 0.0622 e. The van der Waals surface area contributed by atoms with E-state index in [9.17, 15) is 0 Å². The van der Waals surface area contributed by atoms with Crippen molar-refractivity contribution in [2.75, 3.05) is 0 Å². The molecule has 11 fully saturated rings. The van der Waals surface area contributed by atoms with E-state index < -0.39 is 80.9 Å². The maximum absolute atomic E-state index is 7.01. The summed E-state index contributed by atoms with van der Waals surface area (Å²) >= 11 is 6.19. The Morgan fingerprint density at radius 2 is 0.693 bits per heavy atom. The van der Waals surface area contributed by atoms with Crippen LogP contribution >= 0.6 is 28.1 Å². The maximum Gasteiger partial charge on any atom is 1.00 e. The van der Waals surface area contributed by atoms with Gasteiger partial charge in [-0.15, -0.1) is 0 Å². The first-order valence-corrected chi connectivity index (χ1v) is 96.6. The third-order valence-electron chi connectivity index (χ3n) is 46.8. The Morgan fingerprint density at radius 3 is 1.11 bits per heavy atom. The molecule has 16 aliphatic rings. The third-order valence-corrected chi connectivity index (χ3v) is 127. The fourth-order valence-corrected chi connectivity index (χ4v) is 82.2. The molecule has 0 aliphatic heterocycles. The molecule has 0 heterocycles. The van der Waals surface area contributed by atoms with Gasteiger partial charge in [0.05, 0.1) is 22.8 Å². The van der Waals surface area contributed by atoms with Gasteiger partial charge in [0.25, 0.3) is 0 Å². The van der Waals surface area contributed by atoms with Gasteiger partial charge in [0.1, 0.15) is 6.90 Å². The van der Waals surface area contributed by atoms with Crippen molar-refractivity contribution in [1.82, 2.24) is 0 Å². The molecule has 7 aromatic carbocycles. The predicted octanol–water partition coefficient (Wildman–Crippen LogP) is 33.7. The van der Waals surface area contributed by atoms with Gasteiger partial charge in [0, 0.05) is 30.4 Å². The van der Waals surface area contributed by atoms with Gasteiger partial charge in [-0.3, -0.25) is 0 Å². The summed E-state index contributed by atoms with van der Waals surface area (Å²) in [7, 11) is 0.169. The van der Waals surface area contributed by atoms with Crippen LogP contribution in [0.1, 0.15) is 342 Å². The zero-order valence-electron chi connectivity index (χ0n) is 99.4. The number of hydrogen-bond acceptors (Lipinski definition) is 0. The first-order valence-electron chi connectivity index (χ1n) is 60.7. The van der Waals surface area contributed by atoms with E-state index in [1.54, 1.807) is 144 Å². The Bertz CT molecular complexity index is 5470. The molecule has 0 spiro atoms. The molecule has 11 saturated carbocycles. The van der Waals surface area contributed by atoms with Crippen LogP contribution in [0.5, 0.6) is 0 Å². The number of benzene rings is 7. The van der Waals surface area contributed by atoms with E-state index in [1.165, 1.54) is 202 Å².